The number of aromatic nitrogens is 3. The van der Waals surface area contributed by atoms with E-state index < -0.39 is 17.4 Å². The Morgan fingerprint density at radius 1 is 1.16 bits per heavy atom. The number of carbonyl (C=O) groups excluding carboxylic acids is 2. The van der Waals surface area contributed by atoms with Crippen molar-refractivity contribution in [2.75, 3.05) is 19.8 Å². The Kier molecular flexibility index (Phi) is 10.2. The summed E-state index contributed by atoms with van der Waals surface area (Å²) in [6.45, 7) is 6.64. The quantitative estimate of drug-likeness (QED) is 0.238. The highest BCUT2D eigenvalue weighted by Crippen LogP contribution is 2.32. The lowest BCUT2D eigenvalue weighted by Crippen LogP contribution is -2.43. The summed E-state index contributed by atoms with van der Waals surface area (Å²) in [4.78, 5) is 25.8. The van der Waals surface area contributed by atoms with E-state index in [9.17, 15) is 14.0 Å². The fraction of sp³-hybridized carbons (Fsp3) is 0.407. The van der Waals surface area contributed by atoms with Gasteiger partial charge in [-0.3, -0.25) is 14.7 Å². The Balaban J connectivity index is 1.85. The highest BCUT2D eigenvalue weighted by molar-refractivity contribution is 6.30. The van der Waals surface area contributed by atoms with E-state index in [2.05, 4.69) is 20.7 Å². The predicted octanol–water partition coefficient (Wildman–Crippen LogP) is 4.99. The zero-order valence-corrected chi connectivity index (χ0v) is 22.0. The smallest absolute Gasteiger partial charge is 0.311 e. The molecule has 1 aromatic heterocycles. The van der Waals surface area contributed by atoms with E-state index in [0.29, 0.717) is 48.6 Å². The summed E-state index contributed by atoms with van der Waals surface area (Å²) in [7, 11) is 0. The molecule has 8 nitrogen and oxygen atoms in total. The average molecular weight is 531 g/mol. The summed E-state index contributed by atoms with van der Waals surface area (Å²) < 4.78 is 25.2. The second-order valence-electron chi connectivity index (χ2n) is 8.99. The van der Waals surface area contributed by atoms with E-state index in [1.54, 1.807) is 25.1 Å². The summed E-state index contributed by atoms with van der Waals surface area (Å²) in [5.74, 6) is -1.12. The number of ether oxygens (including phenoxy) is 2. The number of nitrogens with one attached hydrogen (secondary N) is 2. The van der Waals surface area contributed by atoms with Crippen molar-refractivity contribution in [3.63, 3.8) is 0 Å². The number of benzene rings is 2. The molecule has 198 valence electrons. The zero-order chi connectivity index (χ0) is 26.8. The number of halogens is 2. The molecule has 0 bridgehead atoms. The van der Waals surface area contributed by atoms with Gasteiger partial charge in [-0.1, -0.05) is 41.1 Å². The number of hydrogen-bond donors (Lipinski definition) is 2. The van der Waals surface area contributed by atoms with Crippen LogP contribution in [0.5, 0.6) is 0 Å². The Morgan fingerprint density at radius 3 is 2.57 bits per heavy atom. The van der Waals surface area contributed by atoms with Crippen molar-refractivity contribution in [2.45, 2.75) is 46.1 Å². The summed E-state index contributed by atoms with van der Waals surface area (Å²) in [5.41, 5.74) is 1.23. The molecule has 0 radical (unpaired) electrons. The van der Waals surface area contributed by atoms with Gasteiger partial charge in [-0.2, -0.15) is 0 Å². The maximum Gasteiger partial charge on any atom is 0.311 e. The van der Waals surface area contributed by atoms with E-state index in [-0.39, 0.29) is 24.1 Å². The first-order valence-corrected chi connectivity index (χ1v) is 12.6. The minimum atomic E-state index is -0.892. The lowest BCUT2D eigenvalue weighted by molar-refractivity contribution is -0.156. The molecule has 0 aliphatic heterocycles. The molecule has 0 fully saturated rings. The summed E-state index contributed by atoms with van der Waals surface area (Å²) in [5, 5.41) is 13.3. The number of amides is 1. The second-order valence-corrected chi connectivity index (χ2v) is 9.42. The largest absolute Gasteiger partial charge is 0.466 e. The van der Waals surface area contributed by atoms with Crippen LogP contribution in [-0.4, -0.2) is 53.1 Å². The van der Waals surface area contributed by atoms with Crippen molar-refractivity contribution in [3.8, 4) is 11.1 Å². The van der Waals surface area contributed by atoms with Gasteiger partial charge in [-0.05, 0) is 69.4 Å². The van der Waals surface area contributed by atoms with Gasteiger partial charge in [0.15, 0.2) is 5.69 Å². The molecule has 0 spiro atoms. The van der Waals surface area contributed by atoms with Gasteiger partial charge in [0.05, 0.1) is 18.2 Å². The highest BCUT2D eigenvalue weighted by Gasteiger charge is 2.37. The normalized spacial score (nSPS) is 13.5. The fourth-order valence-corrected chi connectivity index (χ4v) is 4.32. The molecule has 3 aromatic rings. The van der Waals surface area contributed by atoms with E-state index in [4.69, 9.17) is 21.1 Å². The number of rotatable bonds is 13. The van der Waals surface area contributed by atoms with Crippen LogP contribution in [0.15, 0.2) is 48.7 Å². The third-order valence-corrected chi connectivity index (χ3v) is 6.36. The second kappa shape index (κ2) is 13.3. The van der Waals surface area contributed by atoms with Crippen molar-refractivity contribution in [1.29, 1.82) is 0 Å². The van der Waals surface area contributed by atoms with Crippen LogP contribution >= 0.6 is 11.6 Å². The third kappa shape index (κ3) is 7.84. The first-order valence-electron chi connectivity index (χ1n) is 12.2. The Hall–Kier alpha value is -3.30. The molecular weight excluding hydrogens is 499 g/mol. The van der Waals surface area contributed by atoms with Gasteiger partial charge in [0.1, 0.15) is 5.82 Å². The molecule has 1 unspecified atom stereocenters. The van der Waals surface area contributed by atoms with Gasteiger partial charge in [0.25, 0.3) is 5.91 Å². The fourth-order valence-electron chi connectivity index (χ4n) is 4.15. The molecular formula is C27H32ClFN4O4. The van der Waals surface area contributed by atoms with Crippen LogP contribution in [0.4, 0.5) is 4.39 Å². The molecule has 0 saturated carbocycles. The minimum absolute atomic E-state index is 0.143. The van der Waals surface area contributed by atoms with Gasteiger partial charge in [0, 0.05) is 29.8 Å². The van der Waals surface area contributed by atoms with Crippen LogP contribution < -0.4 is 5.32 Å². The van der Waals surface area contributed by atoms with Crippen molar-refractivity contribution in [3.05, 3.63) is 70.8 Å². The van der Waals surface area contributed by atoms with E-state index in [1.165, 1.54) is 18.3 Å². The molecule has 0 aliphatic rings. The van der Waals surface area contributed by atoms with Crippen LogP contribution in [-0.2, 0) is 20.7 Å². The summed E-state index contributed by atoms with van der Waals surface area (Å²) in [6.07, 6.45) is 2.57. The standard InChI is InChI=1S/C27H32ClFN4O4/c1-4-36-13-12-27(3,26(35)37-5-2)16-21(31-25(34)24-17-30-33-32-24)14-18-6-8-19(9-7-18)22-15-20(28)10-11-23(22)29/h6-11,15,17,21H,4-5,12-14,16H2,1-3H3,(H,31,34)(H,30,32,33)/t21-,27?/m1/s1. The zero-order valence-electron chi connectivity index (χ0n) is 21.2. The van der Waals surface area contributed by atoms with Gasteiger partial charge >= 0.3 is 5.97 Å². The van der Waals surface area contributed by atoms with Crippen molar-refractivity contribution >= 4 is 23.5 Å². The van der Waals surface area contributed by atoms with Crippen molar-refractivity contribution in [1.82, 2.24) is 20.7 Å². The van der Waals surface area contributed by atoms with Gasteiger partial charge in [-0.25, -0.2) is 4.39 Å². The van der Waals surface area contributed by atoms with Crippen molar-refractivity contribution < 1.29 is 23.5 Å². The SMILES string of the molecule is CCOCCC(C)(C[C@@H](Cc1ccc(-c2cc(Cl)ccc2F)cc1)NC(=O)c1c[nH]nn1)C(=O)OCC. The summed E-state index contributed by atoms with van der Waals surface area (Å²) in [6, 6.07) is 11.3. The first kappa shape index (κ1) is 28.3. The number of hydrogen-bond acceptors (Lipinski definition) is 6. The summed E-state index contributed by atoms with van der Waals surface area (Å²) >= 11 is 6.05. The van der Waals surface area contributed by atoms with Gasteiger partial charge in [-0.15, -0.1) is 5.10 Å². The predicted molar refractivity (Wildman–Crippen MR) is 139 cm³/mol. The maximum absolute atomic E-state index is 14.3. The molecule has 2 aromatic carbocycles. The lowest BCUT2D eigenvalue weighted by Gasteiger charge is -2.32. The van der Waals surface area contributed by atoms with Gasteiger partial charge in [0.2, 0.25) is 0 Å². The van der Waals surface area contributed by atoms with E-state index in [0.717, 1.165) is 5.56 Å². The molecule has 3 rings (SSSR count). The van der Waals surface area contributed by atoms with Crippen LogP contribution in [0.25, 0.3) is 11.1 Å². The molecule has 1 heterocycles. The Labute approximate surface area is 220 Å². The third-order valence-electron chi connectivity index (χ3n) is 6.13. The number of esters is 1. The monoisotopic (exact) mass is 530 g/mol. The maximum atomic E-state index is 14.3. The average Bonchev–Trinajstić information content (AvgIpc) is 3.42. The molecule has 0 aliphatic carbocycles. The molecule has 0 saturated heterocycles. The lowest BCUT2D eigenvalue weighted by atomic mass is 9.79. The number of aromatic amines is 1. The molecule has 2 N–H and O–H groups in total. The Morgan fingerprint density at radius 2 is 1.92 bits per heavy atom. The topological polar surface area (TPSA) is 106 Å². The molecule has 2 atom stereocenters. The van der Waals surface area contributed by atoms with Crippen LogP contribution in [0.1, 0.15) is 49.7 Å². The highest BCUT2D eigenvalue weighted by atomic mass is 35.5. The van der Waals surface area contributed by atoms with Crippen LogP contribution in [0.2, 0.25) is 5.02 Å². The van der Waals surface area contributed by atoms with E-state index >= 15 is 0 Å². The first-order chi connectivity index (χ1) is 17.8. The molecule has 37 heavy (non-hydrogen) atoms. The number of H-pyrrole nitrogens is 1. The van der Waals surface area contributed by atoms with Gasteiger partial charge < -0.3 is 14.8 Å². The molecule has 1 amide bonds. The molecule has 10 heteroatoms. The van der Waals surface area contributed by atoms with Crippen LogP contribution in [0.3, 0.4) is 0 Å². The minimum Gasteiger partial charge on any atom is -0.466 e. The van der Waals surface area contributed by atoms with E-state index in [1.807, 2.05) is 26.0 Å². The number of carbonyl (C=O) groups is 2. The Bertz CT molecular complexity index is 1170. The van der Waals surface area contributed by atoms with Crippen LogP contribution in [0, 0.1) is 11.2 Å². The van der Waals surface area contributed by atoms with Crippen molar-refractivity contribution in [2.24, 2.45) is 5.41 Å². The number of nitrogens with zero attached hydrogens (tertiary/aromatic N) is 2.